The lowest BCUT2D eigenvalue weighted by molar-refractivity contribution is 0.568. The summed E-state index contributed by atoms with van der Waals surface area (Å²) < 4.78 is 0. The van der Waals surface area contributed by atoms with Crippen molar-refractivity contribution in [2.75, 3.05) is 26.3 Å². The zero-order valence-electron chi connectivity index (χ0n) is 46.9. The first-order valence-corrected chi connectivity index (χ1v) is 27.1. The molecule has 9 aromatic rings. The molecular weight excluding hydrogens is 937 g/mol. The first-order valence-electron chi connectivity index (χ1n) is 27.1. The standard InChI is InChI=1S/C71H70N6/c1-68(2,3)50-23-20-24-54(39-50)76(55-30-32-61-59-31-29-47(45-72)35-62(59)60-25-16-17-26-63(60)77(66(61)44-55)67-42-51(33-34-73-67)69(4,5)6)58-37-49(48-21-14-13-15-22-48)36-56(43-58)74-46-75(65-28-19-18-27-64(65)74)57-40-52(70(7,8)9)38-53(41-57)71(10,11)12/h13-44H,46H2,1-12H3. The molecule has 8 aromatic carbocycles. The Balaban J connectivity index is 1.16. The third kappa shape index (κ3) is 9.65. The van der Waals surface area contributed by atoms with Crippen molar-refractivity contribution in [3.8, 4) is 39.4 Å². The molecule has 0 saturated carbocycles. The summed E-state index contributed by atoms with van der Waals surface area (Å²) in [5.74, 6) is 0.825. The third-order valence-corrected chi connectivity index (χ3v) is 15.5. The number of pyridine rings is 1. The SMILES string of the molecule is CC(C)(C)c1cccc(N(c2cc(-c3ccccc3)cc(N3CN(c4cc(C(C)(C)C)cc(C(C)(C)C)c4)c4ccccc43)c2)c2ccc3c(c2)N(c2cc(C(C)(C)C)ccn2)c2ccccc2-c2cc(C#N)ccc2-3)c1. The molecule has 3 heterocycles. The number of aromatic nitrogens is 1. The van der Waals surface area contributed by atoms with E-state index in [1.165, 1.54) is 33.6 Å². The third-order valence-electron chi connectivity index (χ3n) is 15.5. The van der Waals surface area contributed by atoms with Crippen molar-refractivity contribution in [2.24, 2.45) is 0 Å². The number of fused-ring (bicyclic) bond motifs is 6. The summed E-state index contributed by atoms with van der Waals surface area (Å²) in [5.41, 5.74) is 21.5. The lowest BCUT2D eigenvalue weighted by Crippen LogP contribution is -2.25. The van der Waals surface area contributed by atoms with Crippen molar-refractivity contribution in [1.82, 2.24) is 4.98 Å². The average Bonchev–Trinajstić information content (AvgIpc) is 3.77. The second-order valence-corrected chi connectivity index (χ2v) is 25.1. The molecule has 2 aliphatic rings. The van der Waals surface area contributed by atoms with E-state index in [4.69, 9.17) is 4.98 Å². The Morgan fingerprint density at radius 3 is 1.62 bits per heavy atom. The van der Waals surface area contributed by atoms with Crippen LogP contribution < -0.4 is 19.6 Å². The Morgan fingerprint density at radius 1 is 0.403 bits per heavy atom. The first-order chi connectivity index (χ1) is 36.6. The van der Waals surface area contributed by atoms with Crippen LogP contribution in [0.15, 0.2) is 194 Å². The van der Waals surface area contributed by atoms with E-state index in [2.05, 4.69) is 285 Å². The van der Waals surface area contributed by atoms with Crippen molar-refractivity contribution in [3.63, 3.8) is 0 Å². The number of rotatable bonds is 7. The van der Waals surface area contributed by atoms with Crippen LogP contribution in [0.1, 0.15) is 111 Å². The van der Waals surface area contributed by atoms with Crippen LogP contribution >= 0.6 is 0 Å². The van der Waals surface area contributed by atoms with Gasteiger partial charge in [-0.25, -0.2) is 4.98 Å². The van der Waals surface area contributed by atoms with Crippen molar-refractivity contribution in [1.29, 1.82) is 5.26 Å². The first kappa shape index (κ1) is 50.7. The molecule has 11 rings (SSSR count). The molecule has 6 heteroatoms. The fraction of sp³-hybridized carbons (Fsp3) is 0.239. The predicted octanol–water partition coefficient (Wildman–Crippen LogP) is 19.6. The topological polar surface area (TPSA) is 49.6 Å². The summed E-state index contributed by atoms with van der Waals surface area (Å²) in [6, 6.07) is 71.4. The van der Waals surface area contributed by atoms with Crippen LogP contribution in [-0.4, -0.2) is 11.7 Å². The van der Waals surface area contributed by atoms with Crippen molar-refractivity contribution < 1.29 is 0 Å². The zero-order valence-corrected chi connectivity index (χ0v) is 46.9. The molecule has 2 aliphatic heterocycles. The Morgan fingerprint density at radius 2 is 0.974 bits per heavy atom. The molecule has 0 saturated heterocycles. The van der Waals surface area contributed by atoms with Gasteiger partial charge in [0.2, 0.25) is 0 Å². The quantitative estimate of drug-likeness (QED) is 0.159. The number of anilines is 10. The highest BCUT2D eigenvalue weighted by Crippen LogP contribution is 2.54. The predicted molar refractivity (Wildman–Crippen MR) is 325 cm³/mol. The van der Waals surface area contributed by atoms with Gasteiger partial charge in [0.05, 0.1) is 34.4 Å². The summed E-state index contributed by atoms with van der Waals surface area (Å²) >= 11 is 0. The van der Waals surface area contributed by atoms with E-state index in [0.29, 0.717) is 12.2 Å². The molecule has 0 radical (unpaired) electrons. The number of benzene rings is 8. The van der Waals surface area contributed by atoms with E-state index in [-0.39, 0.29) is 21.7 Å². The molecule has 0 spiro atoms. The molecule has 0 bridgehead atoms. The van der Waals surface area contributed by atoms with Gasteiger partial charge in [-0.1, -0.05) is 174 Å². The molecule has 0 unspecified atom stereocenters. The van der Waals surface area contributed by atoms with Crippen molar-refractivity contribution in [3.05, 3.63) is 222 Å². The number of nitrogens with zero attached hydrogens (tertiary/aromatic N) is 6. The second-order valence-electron chi connectivity index (χ2n) is 25.1. The second kappa shape index (κ2) is 19.0. The highest BCUT2D eigenvalue weighted by Gasteiger charge is 2.33. The largest absolute Gasteiger partial charge is 0.321 e. The summed E-state index contributed by atoms with van der Waals surface area (Å²) in [4.78, 5) is 14.9. The van der Waals surface area contributed by atoms with Crippen LogP contribution in [0, 0.1) is 11.3 Å². The van der Waals surface area contributed by atoms with Gasteiger partial charge in [-0.2, -0.15) is 5.26 Å². The van der Waals surface area contributed by atoms with Crippen LogP contribution in [0.2, 0.25) is 0 Å². The van der Waals surface area contributed by atoms with E-state index in [1.54, 1.807) is 0 Å². The van der Waals surface area contributed by atoms with Crippen LogP contribution in [0.5, 0.6) is 0 Å². The van der Waals surface area contributed by atoms with E-state index in [9.17, 15) is 5.26 Å². The average molecular weight is 1010 g/mol. The summed E-state index contributed by atoms with van der Waals surface area (Å²) in [6.07, 6.45) is 1.94. The van der Waals surface area contributed by atoms with E-state index in [1.807, 2.05) is 18.3 Å². The summed E-state index contributed by atoms with van der Waals surface area (Å²) in [7, 11) is 0. The Bertz CT molecular complexity index is 3730. The fourth-order valence-corrected chi connectivity index (χ4v) is 10.9. The molecule has 0 atom stereocenters. The molecular formula is C71H70N6. The van der Waals surface area contributed by atoms with Gasteiger partial charge >= 0.3 is 0 Å². The minimum Gasteiger partial charge on any atom is -0.321 e. The van der Waals surface area contributed by atoms with Crippen LogP contribution in [0.3, 0.4) is 0 Å². The number of para-hydroxylation sites is 3. The van der Waals surface area contributed by atoms with Gasteiger partial charge < -0.3 is 14.7 Å². The van der Waals surface area contributed by atoms with Crippen molar-refractivity contribution >= 4 is 57.0 Å². The monoisotopic (exact) mass is 1010 g/mol. The van der Waals surface area contributed by atoms with E-state index >= 15 is 0 Å². The maximum atomic E-state index is 10.3. The van der Waals surface area contributed by atoms with Gasteiger partial charge in [0.15, 0.2) is 0 Å². The summed E-state index contributed by atoms with van der Waals surface area (Å²) in [5, 5.41) is 10.3. The minimum atomic E-state index is -0.118. The van der Waals surface area contributed by atoms with E-state index < -0.39 is 0 Å². The van der Waals surface area contributed by atoms with Crippen LogP contribution in [0.4, 0.5) is 57.0 Å². The maximum Gasteiger partial charge on any atom is 0.137 e. The Kier molecular flexibility index (Phi) is 12.5. The normalized spacial score (nSPS) is 13.3. The lowest BCUT2D eigenvalue weighted by atomic mass is 9.80. The molecule has 0 aliphatic carbocycles. The maximum absolute atomic E-state index is 10.3. The zero-order chi connectivity index (χ0) is 54.2. The summed E-state index contributed by atoms with van der Waals surface area (Å²) in [6.45, 7) is 28.1. The molecule has 0 fully saturated rings. The molecule has 77 heavy (non-hydrogen) atoms. The molecule has 0 amide bonds. The van der Waals surface area contributed by atoms with Gasteiger partial charge in [-0.15, -0.1) is 0 Å². The van der Waals surface area contributed by atoms with Gasteiger partial charge in [-0.3, -0.25) is 4.90 Å². The van der Waals surface area contributed by atoms with Gasteiger partial charge in [0, 0.05) is 45.8 Å². The Hall–Kier alpha value is -8.40. The molecule has 0 N–H and O–H groups in total. The van der Waals surface area contributed by atoms with Gasteiger partial charge in [0.1, 0.15) is 12.5 Å². The fourth-order valence-electron chi connectivity index (χ4n) is 10.9. The molecule has 384 valence electrons. The number of hydrogen-bond acceptors (Lipinski definition) is 6. The minimum absolute atomic E-state index is 0.0326. The Labute approximate surface area is 457 Å². The smallest absolute Gasteiger partial charge is 0.137 e. The highest BCUT2D eigenvalue weighted by atomic mass is 15.4. The van der Waals surface area contributed by atoms with Gasteiger partial charge in [-0.05, 0) is 163 Å². The van der Waals surface area contributed by atoms with Crippen molar-refractivity contribution in [2.45, 2.75) is 105 Å². The number of nitriles is 1. The van der Waals surface area contributed by atoms with Gasteiger partial charge in [0.25, 0.3) is 0 Å². The molecule has 1 aromatic heterocycles. The molecule has 6 nitrogen and oxygen atoms in total. The lowest BCUT2D eigenvalue weighted by Gasteiger charge is -2.32. The highest BCUT2D eigenvalue weighted by molar-refractivity contribution is 6.04. The van der Waals surface area contributed by atoms with Crippen LogP contribution in [0.25, 0.3) is 33.4 Å². The van der Waals surface area contributed by atoms with Crippen LogP contribution in [-0.2, 0) is 21.7 Å². The number of hydrogen-bond donors (Lipinski definition) is 0. The van der Waals surface area contributed by atoms with E-state index in [0.717, 1.165) is 79.0 Å².